The Morgan fingerprint density at radius 3 is 2.57 bits per heavy atom. The van der Waals surface area contributed by atoms with Crippen LogP contribution in [-0.2, 0) is 17.1 Å². The van der Waals surface area contributed by atoms with Gasteiger partial charge in [0.15, 0.2) is 11.5 Å². The molecule has 0 atom stereocenters. The Bertz CT molecular complexity index is 918. The van der Waals surface area contributed by atoms with Crippen molar-refractivity contribution in [3.63, 3.8) is 0 Å². The highest BCUT2D eigenvalue weighted by molar-refractivity contribution is 7.92. The number of aryl methyl sites for hydroxylation is 2. The smallest absolute Gasteiger partial charge is 0.274 e. The Morgan fingerprint density at radius 1 is 1.13 bits per heavy atom. The van der Waals surface area contributed by atoms with Crippen molar-refractivity contribution in [2.75, 3.05) is 17.9 Å². The first kappa shape index (κ1) is 15.4. The monoisotopic (exact) mass is 336 g/mol. The number of ether oxygens (including phenoxy) is 2. The van der Waals surface area contributed by atoms with E-state index in [0.29, 0.717) is 24.7 Å². The van der Waals surface area contributed by atoms with Gasteiger partial charge in [-0.3, -0.25) is 9.52 Å². The van der Waals surface area contributed by atoms with Crippen LogP contribution >= 0.6 is 0 Å². The molecule has 0 fully saturated rings. The number of hydrogen-bond donors (Lipinski definition) is 1. The number of aromatic nitrogens is 1. The van der Waals surface area contributed by atoms with Gasteiger partial charge in [-0.1, -0.05) is 0 Å². The second kappa shape index (κ2) is 5.62. The minimum Gasteiger partial charge on any atom is -0.486 e. The van der Waals surface area contributed by atoms with Gasteiger partial charge in [-0.05, 0) is 30.7 Å². The molecule has 1 aromatic carbocycles. The summed E-state index contributed by atoms with van der Waals surface area (Å²) in [6, 6.07) is 5.84. The SMILES string of the molecule is Cc1cc(NS(=O)(=O)c2ccc3c(c2)OCCO3)c(=O)n(C)c1. The van der Waals surface area contributed by atoms with Crippen LogP contribution < -0.4 is 19.8 Å². The Kier molecular flexibility index (Phi) is 3.77. The maximum atomic E-state index is 12.5. The first-order chi connectivity index (χ1) is 10.9. The van der Waals surface area contributed by atoms with Gasteiger partial charge in [0, 0.05) is 19.3 Å². The molecule has 2 aromatic rings. The summed E-state index contributed by atoms with van der Waals surface area (Å²) in [5.41, 5.74) is 0.353. The Labute approximate surface area is 133 Å². The van der Waals surface area contributed by atoms with Crippen molar-refractivity contribution in [1.29, 1.82) is 0 Å². The third kappa shape index (κ3) is 3.02. The second-order valence-corrected chi connectivity index (χ2v) is 6.94. The van der Waals surface area contributed by atoms with Crippen molar-refractivity contribution in [2.45, 2.75) is 11.8 Å². The zero-order valence-electron chi connectivity index (χ0n) is 12.7. The molecule has 0 bridgehead atoms. The van der Waals surface area contributed by atoms with E-state index in [9.17, 15) is 13.2 Å². The van der Waals surface area contributed by atoms with E-state index in [1.807, 2.05) is 0 Å². The maximum absolute atomic E-state index is 12.5. The molecule has 2 heterocycles. The van der Waals surface area contributed by atoms with Crippen LogP contribution in [0.2, 0.25) is 0 Å². The first-order valence-corrected chi connectivity index (χ1v) is 8.45. The Balaban J connectivity index is 1.98. The molecule has 8 heteroatoms. The van der Waals surface area contributed by atoms with Gasteiger partial charge in [0.25, 0.3) is 15.6 Å². The minimum absolute atomic E-state index is 0.00221. The number of anilines is 1. The van der Waals surface area contributed by atoms with Gasteiger partial charge in [0.05, 0.1) is 4.90 Å². The van der Waals surface area contributed by atoms with Crippen LogP contribution in [0.5, 0.6) is 11.5 Å². The summed E-state index contributed by atoms with van der Waals surface area (Å²) >= 11 is 0. The highest BCUT2D eigenvalue weighted by Gasteiger charge is 2.20. The zero-order valence-corrected chi connectivity index (χ0v) is 13.5. The van der Waals surface area contributed by atoms with Crippen molar-refractivity contribution in [1.82, 2.24) is 4.57 Å². The van der Waals surface area contributed by atoms with Crippen LogP contribution in [0, 0.1) is 6.92 Å². The fourth-order valence-corrected chi connectivity index (χ4v) is 3.41. The van der Waals surface area contributed by atoms with Crippen LogP contribution in [0.15, 0.2) is 40.2 Å². The molecule has 1 N–H and O–H groups in total. The van der Waals surface area contributed by atoms with E-state index in [0.717, 1.165) is 5.56 Å². The van der Waals surface area contributed by atoms with E-state index in [2.05, 4.69) is 4.72 Å². The minimum atomic E-state index is -3.90. The van der Waals surface area contributed by atoms with Crippen LogP contribution in [0.4, 0.5) is 5.69 Å². The average molecular weight is 336 g/mol. The lowest BCUT2D eigenvalue weighted by atomic mass is 10.3. The highest BCUT2D eigenvalue weighted by Crippen LogP contribution is 2.32. The molecular formula is C15H16N2O5S. The Hall–Kier alpha value is -2.48. The van der Waals surface area contributed by atoms with Gasteiger partial charge in [-0.15, -0.1) is 0 Å². The van der Waals surface area contributed by atoms with Gasteiger partial charge in [0.2, 0.25) is 0 Å². The molecule has 7 nitrogen and oxygen atoms in total. The molecule has 0 aliphatic carbocycles. The van der Waals surface area contributed by atoms with Crippen molar-refractivity contribution < 1.29 is 17.9 Å². The summed E-state index contributed by atoms with van der Waals surface area (Å²) in [6.07, 6.45) is 1.63. The summed E-state index contributed by atoms with van der Waals surface area (Å²) in [6.45, 7) is 2.57. The van der Waals surface area contributed by atoms with E-state index in [-0.39, 0.29) is 10.6 Å². The molecule has 0 saturated heterocycles. The van der Waals surface area contributed by atoms with Gasteiger partial charge in [-0.2, -0.15) is 0 Å². The molecule has 0 saturated carbocycles. The number of rotatable bonds is 3. The summed E-state index contributed by atoms with van der Waals surface area (Å²) < 4.78 is 39.4. The van der Waals surface area contributed by atoms with E-state index in [1.165, 1.54) is 28.8 Å². The van der Waals surface area contributed by atoms with E-state index in [1.54, 1.807) is 20.2 Å². The topological polar surface area (TPSA) is 86.6 Å². The number of pyridine rings is 1. The van der Waals surface area contributed by atoms with Crippen molar-refractivity contribution in [3.8, 4) is 11.5 Å². The number of fused-ring (bicyclic) bond motifs is 1. The maximum Gasteiger partial charge on any atom is 0.274 e. The predicted molar refractivity (Wildman–Crippen MR) is 84.7 cm³/mol. The molecule has 122 valence electrons. The lowest BCUT2D eigenvalue weighted by molar-refractivity contribution is 0.171. The molecule has 3 rings (SSSR count). The average Bonchev–Trinajstić information content (AvgIpc) is 2.51. The normalized spacial score (nSPS) is 13.7. The van der Waals surface area contributed by atoms with E-state index in [4.69, 9.17) is 9.47 Å². The van der Waals surface area contributed by atoms with E-state index < -0.39 is 15.6 Å². The molecule has 1 aliphatic rings. The fraction of sp³-hybridized carbons (Fsp3) is 0.267. The van der Waals surface area contributed by atoms with Gasteiger partial charge < -0.3 is 14.0 Å². The lowest BCUT2D eigenvalue weighted by Crippen LogP contribution is -2.24. The van der Waals surface area contributed by atoms with Crippen LogP contribution in [0.25, 0.3) is 0 Å². The van der Waals surface area contributed by atoms with Crippen LogP contribution in [0.1, 0.15) is 5.56 Å². The number of nitrogens with one attached hydrogen (secondary N) is 1. The van der Waals surface area contributed by atoms with Crippen LogP contribution in [0.3, 0.4) is 0 Å². The standard InChI is InChI=1S/C15H16N2O5S/c1-10-7-12(15(18)17(2)9-10)16-23(19,20)11-3-4-13-14(8-11)22-6-5-21-13/h3-4,7-9,16H,5-6H2,1-2H3. The quantitative estimate of drug-likeness (QED) is 0.912. The molecule has 1 aromatic heterocycles. The molecule has 0 unspecified atom stereocenters. The molecule has 0 amide bonds. The van der Waals surface area contributed by atoms with Crippen LogP contribution in [-0.4, -0.2) is 26.2 Å². The first-order valence-electron chi connectivity index (χ1n) is 6.96. The third-order valence-corrected chi connectivity index (χ3v) is 4.75. The lowest BCUT2D eigenvalue weighted by Gasteiger charge is -2.19. The number of nitrogens with zero attached hydrogens (tertiary/aromatic N) is 1. The largest absolute Gasteiger partial charge is 0.486 e. The van der Waals surface area contributed by atoms with Crippen molar-refractivity contribution in [2.24, 2.45) is 7.05 Å². The molecule has 0 radical (unpaired) electrons. The molecule has 23 heavy (non-hydrogen) atoms. The van der Waals surface area contributed by atoms with Gasteiger partial charge >= 0.3 is 0 Å². The third-order valence-electron chi connectivity index (χ3n) is 3.39. The zero-order chi connectivity index (χ0) is 16.6. The van der Waals surface area contributed by atoms with Gasteiger partial charge in [0.1, 0.15) is 18.9 Å². The van der Waals surface area contributed by atoms with Gasteiger partial charge in [-0.25, -0.2) is 8.42 Å². The number of benzene rings is 1. The summed E-state index contributed by atoms with van der Waals surface area (Å²) in [5.74, 6) is 0.873. The Morgan fingerprint density at radius 2 is 1.83 bits per heavy atom. The summed E-state index contributed by atoms with van der Waals surface area (Å²) in [5, 5.41) is 0. The number of sulfonamides is 1. The molecule has 0 spiro atoms. The van der Waals surface area contributed by atoms with Crippen molar-refractivity contribution in [3.05, 3.63) is 46.4 Å². The predicted octanol–water partition coefficient (Wildman–Crippen LogP) is 1.27. The highest BCUT2D eigenvalue weighted by atomic mass is 32.2. The summed E-state index contributed by atoms with van der Waals surface area (Å²) in [7, 11) is -2.34. The second-order valence-electron chi connectivity index (χ2n) is 5.26. The number of hydrogen-bond acceptors (Lipinski definition) is 5. The summed E-state index contributed by atoms with van der Waals surface area (Å²) in [4.78, 5) is 12.1. The molecule has 1 aliphatic heterocycles. The van der Waals surface area contributed by atoms with E-state index >= 15 is 0 Å². The molecular weight excluding hydrogens is 320 g/mol. The fourth-order valence-electron chi connectivity index (χ4n) is 2.35. The van der Waals surface area contributed by atoms with Crippen molar-refractivity contribution >= 4 is 15.7 Å².